The monoisotopic (exact) mass is 545 g/mol. The van der Waals surface area contributed by atoms with E-state index in [1.54, 1.807) is 18.2 Å². The van der Waals surface area contributed by atoms with E-state index in [0.29, 0.717) is 16.4 Å². The lowest BCUT2D eigenvalue weighted by molar-refractivity contribution is 0.0177. The second kappa shape index (κ2) is 17.1. The third-order valence-electron chi connectivity index (χ3n) is 7.00. The maximum Gasteiger partial charge on any atom is 0.239 e. The summed E-state index contributed by atoms with van der Waals surface area (Å²) < 4.78 is 25.0. The first-order valence-electron chi connectivity index (χ1n) is 13.2. The Morgan fingerprint density at radius 2 is 1.76 bits per heavy atom. The summed E-state index contributed by atoms with van der Waals surface area (Å²) in [7, 11) is 0. The quantitative estimate of drug-likeness (QED) is 0.163. The first kappa shape index (κ1) is 31.6. The zero-order valence-electron chi connectivity index (χ0n) is 22.5. The van der Waals surface area contributed by atoms with Crippen molar-refractivity contribution in [1.82, 2.24) is 9.80 Å². The number of piperidine rings is 1. The number of nitrogens with zero attached hydrogens (tertiary/aromatic N) is 4. The Morgan fingerprint density at radius 1 is 1.11 bits per heavy atom. The summed E-state index contributed by atoms with van der Waals surface area (Å²) in [6, 6.07) is 16.1. The number of nitrogen functional groups attached to an aromatic ring is 1. The Balaban J connectivity index is 0.000000428. The highest BCUT2D eigenvalue weighted by atomic mass is 35.5. The van der Waals surface area contributed by atoms with Crippen molar-refractivity contribution in [2.45, 2.75) is 51.5 Å². The van der Waals surface area contributed by atoms with E-state index in [1.807, 2.05) is 18.2 Å². The average molecular weight is 546 g/mol. The molecule has 2 fully saturated rings. The molecule has 0 amide bonds. The van der Waals surface area contributed by atoms with Crippen molar-refractivity contribution in [2.24, 2.45) is 16.1 Å². The van der Waals surface area contributed by atoms with Crippen LogP contribution >= 0.6 is 11.6 Å². The maximum atomic E-state index is 12.5. The van der Waals surface area contributed by atoms with Crippen LogP contribution in [0.4, 0.5) is 14.5 Å². The highest BCUT2D eigenvalue weighted by molar-refractivity contribution is 6.30. The zero-order valence-corrected chi connectivity index (χ0v) is 23.3. The van der Waals surface area contributed by atoms with Crippen molar-refractivity contribution in [3.05, 3.63) is 77.8 Å². The van der Waals surface area contributed by atoms with E-state index in [1.165, 1.54) is 51.1 Å². The lowest BCUT2D eigenvalue weighted by atomic mass is 9.88. The van der Waals surface area contributed by atoms with Gasteiger partial charge in [-0.1, -0.05) is 48.9 Å². The van der Waals surface area contributed by atoms with Gasteiger partial charge in [0.1, 0.15) is 0 Å². The lowest BCUT2D eigenvalue weighted by Gasteiger charge is -2.47. The van der Waals surface area contributed by atoms with Crippen LogP contribution in [-0.2, 0) is 6.42 Å². The van der Waals surface area contributed by atoms with E-state index in [0.717, 1.165) is 23.9 Å². The standard InChI is InChI=1S/C22H32F2N4.C6H6ClN.C2H4/c1-3-27-15-20(16-27)28-12-10-18(11-13-28)14-17-4-6-19(7-5-17)21(26-25-2)8-9-22(23)24;7-5-2-1-3-6(8)4-5;1-2/h4-7,18,20,22H,2-3,8-16H2,1H3;1-4H,8H2;1-2H2/b26-21+;;. The van der Waals surface area contributed by atoms with Crippen LogP contribution < -0.4 is 5.73 Å². The minimum absolute atomic E-state index is 0.203. The Labute approximate surface area is 232 Å². The summed E-state index contributed by atoms with van der Waals surface area (Å²) in [4.78, 5) is 5.17. The van der Waals surface area contributed by atoms with Gasteiger partial charge in [-0.15, -0.1) is 13.2 Å². The molecular formula is C30H42ClF2N5. The number of likely N-dealkylation sites (tertiary alicyclic amines) is 2. The van der Waals surface area contributed by atoms with Crippen LogP contribution in [0.15, 0.2) is 71.9 Å². The third kappa shape index (κ3) is 10.6. The molecule has 38 heavy (non-hydrogen) atoms. The first-order chi connectivity index (χ1) is 18.4. The molecule has 0 spiro atoms. The van der Waals surface area contributed by atoms with Crippen LogP contribution in [0, 0.1) is 5.92 Å². The molecule has 208 valence electrons. The molecule has 2 saturated heterocycles. The number of benzene rings is 2. The summed E-state index contributed by atoms with van der Waals surface area (Å²) >= 11 is 5.56. The lowest BCUT2D eigenvalue weighted by Crippen LogP contribution is -2.60. The van der Waals surface area contributed by atoms with Gasteiger partial charge in [-0.3, -0.25) is 4.90 Å². The van der Waals surface area contributed by atoms with Crippen molar-refractivity contribution in [3.63, 3.8) is 0 Å². The molecule has 2 aromatic carbocycles. The van der Waals surface area contributed by atoms with E-state index in [4.69, 9.17) is 17.3 Å². The van der Waals surface area contributed by atoms with Crippen molar-refractivity contribution in [3.8, 4) is 0 Å². The molecule has 2 aliphatic heterocycles. The van der Waals surface area contributed by atoms with E-state index in [-0.39, 0.29) is 12.8 Å². The van der Waals surface area contributed by atoms with Crippen LogP contribution in [0.5, 0.6) is 0 Å². The zero-order chi connectivity index (χ0) is 27.9. The molecule has 2 aliphatic rings. The summed E-state index contributed by atoms with van der Waals surface area (Å²) in [5, 5.41) is 8.17. The van der Waals surface area contributed by atoms with Crippen molar-refractivity contribution in [1.29, 1.82) is 0 Å². The fraction of sp³-hybridized carbons (Fsp3) is 0.467. The van der Waals surface area contributed by atoms with Crippen molar-refractivity contribution >= 4 is 29.7 Å². The van der Waals surface area contributed by atoms with Gasteiger partial charge in [0, 0.05) is 43.0 Å². The normalized spacial score (nSPS) is 17.1. The third-order valence-corrected chi connectivity index (χ3v) is 7.24. The Hall–Kier alpha value is -2.61. The van der Waals surface area contributed by atoms with Gasteiger partial charge in [-0.2, -0.15) is 10.2 Å². The van der Waals surface area contributed by atoms with Gasteiger partial charge in [-0.05, 0) is 80.6 Å². The van der Waals surface area contributed by atoms with Gasteiger partial charge in [0.2, 0.25) is 6.43 Å². The molecule has 8 heteroatoms. The Morgan fingerprint density at radius 3 is 2.26 bits per heavy atom. The van der Waals surface area contributed by atoms with Crippen molar-refractivity contribution in [2.75, 3.05) is 38.5 Å². The van der Waals surface area contributed by atoms with Gasteiger partial charge in [0.15, 0.2) is 0 Å². The molecule has 0 aromatic heterocycles. The molecule has 4 rings (SSSR count). The molecule has 2 aromatic rings. The highest BCUT2D eigenvalue weighted by Crippen LogP contribution is 2.26. The minimum atomic E-state index is -2.33. The molecule has 0 aliphatic carbocycles. The largest absolute Gasteiger partial charge is 0.399 e. The number of hydrogen-bond donors (Lipinski definition) is 1. The van der Waals surface area contributed by atoms with Crippen LogP contribution in [0.25, 0.3) is 0 Å². The second-order valence-electron chi connectivity index (χ2n) is 9.56. The fourth-order valence-corrected chi connectivity index (χ4v) is 5.01. The predicted octanol–water partition coefficient (Wildman–Crippen LogP) is 6.82. The molecule has 0 unspecified atom stereocenters. The fourth-order valence-electron chi connectivity index (χ4n) is 4.81. The number of rotatable bonds is 9. The highest BCUT2D eigenvalue weighted by Gasteiger charge is 2.32. The molecule has 2 heterocycles. The summed E-state index contributed by atoms with van der Waals surface area (Å²) in [5.41, 5.74) is 8.83. The van der Waals surface area contributed by atoms with E-state index in [2.05, 4.69) is 58.9 Å². The smallest absolute Gasteiger partial charge is 0.239 e. The van der Waals surface area contributed by atoms with Crippen LogP contribution in [0.3, 0.4) is 0 Å². The number of likely N-dealkylation sites (N-methyl/N-ethyl adjacent to an activating group) is 1. The number of nitrogens with two attached hydrogens (primary N) is 1. The van der Waals surface area contributed by atoms with E-state index in [9.17, 15) is 8.78 Å². The van der Waals surface area contributed by atoms with Crippen LogP contribution in [0.2, 0.25) is 5.02 Å². The molecule has 0 radical (unpaired) electrons. The molecule has 0 saturated carbocycles. The topological polar surface area (TPSA) is 57.2 Å². The van der Waals surface area contributed by atoms with Gasteiger partial charge < -0.3 is 10.6 Å². The summed E-state index contributed by atoms with van der Waals surface area (Å²) in [5.74, 6) is 0.728. The Kier molecular flexibility index (Phi) is 14.2. The van der Waals surface area contributed by atoms with Gasteiger partial charge >= 0.3 is 0 Å². The van der Waals surface area contributed by atoms with Crippen LogP contribution in [0.1, 0.15) is 43.7 Å². The second-order valence-corrected chi connectivity index (χ2v) is 10.00. The number of anilines is 1. The summed E-state index contributed by atoms with van der Waals surface area (Å²) in [6.07, 6.45) is 1.28. The first-order valence-corrected chi connectivity index (χ1v) is 13.6. The number of halogens is 3. The average Bonchev–Trinajstić information content (AvgIpc) is 2.89. The Bertz CT molecular complexity index is 967. The van der Waals surface area contributed by atoms with E-state index >= 15 is 0 Å². The van der Waals surface area contributed by atoms with Gasteiger partial charge in [0.05, 0.1) is 5.71 Å². The number of hydrogen-bond acceptors (Lipinski definition) is 5. The molecule has 0 atom stereocenters. The number of alkyl halides is 2. The SMILES string of the molecule is C=C.C=N/N=C(\CCC(F)F)c1ccc(CC2CCN(C3CN(CC)C3)CC2)cc1.Nc1cccc(Cl)c1. The van der Waals surface area contributed by atoms with Gasteiger partial charge in [-0.25, -0.2) is 8.78 Å². The molecular weight excluding hydrogens is 504 g/mol. The van der Waals surface area contributed by atoms with Crippen LogP contribution in [-0.4, -0.2) is 67.4 Å². The van der Waals surface area contributed by atoms with Crippen molar-refractivity contribution < 1.29 is 8.78 Å². The van der Waals surface area contributed by atoms with E-state index < -0.39 is 6.43 Å². The maximum absolute atomic E-state index is 12.5. The summed E-state index contributed by atoms with van der Waals surface area (Å²) in [6.45, 7) is 17.6. The van der Waals surface area contributed by atoms with Gasteiger partial charge in [0.25, 0.3) is 0 Å². The molecule has 0 bridgehead atoms. The minimum Gasteiger partial charge on any atom is -0.399 e. The predicted molar refractivity (Wildman–Crippen MR) is 159 cm³/mol. The molecule has 2 N–H and O–H groups in total. The molecule has 5 nitrogen and oxygen atoms in total.